The van der Waals surface area contributed by atoms with Gasteiger partial charge in [-0.2, -0.15) is 0 Å². The molecule has 1 amide bonds. The summed E-state index contributed by atoms with van der Waals surface area (Å²) in [7, 11) is 0. The maximum absolute atomic E-state index is 12.5. The zero-order valence-electron chi connectivity index (χ0n) is 14.4. The van der Waals surface area contributed by atoms with Crippen molar-refractivity contribution in [3.05, 3.63) is 16.3 Å². The number of nitrogens with two attached hydrogens (primary N) is 1. The summed E-state index contributed by atoms with van der Waals surface area (Å²) in [6, 6.07) is -0.628. The highest BCUT2D eigenvalue weighted by molar-refractivity contribution is 8.01. The fourth-order valence-corrected chi connectivity index (χ4v) is 5.65. The molecule has 1 aromatic heterocycles. The number of aryl methyl sites for hydroxylation is 1. The van der Waals surface area contributed by atoms with Crippen molar-refractivity contribution in [1.29, 1.82) is 0 Å². The third kappa shape index (κ3) is 4.74. The molecule has 2 N–H and O–H groups in total. The number of rotatable bonds is 6. The van der Waals surface area contributed by atoms with Gasteiger partial charge in [-0.15, -0.1) is 34.4 Å². The largest absolute Gasteiger partial charge is 0.428 e. The minimum Gasteiger partial charge on any atom is -0.428 e. The van der Waals surface area contributed by atoms with Crippen LogP contribution in [0.15, 0.2) is 15.6 Å². The molecule has 148 valence electrons. The van der Waals surface area contributed by atoms with Crippen LogP contribution in [0.2, 0.25) is 0 Å². The average Bonchev–Trinajstić information content (AvgIpc) is 3.03. The SMILES string of the molecule is CC(=O)OCOC(=O)C1=C(CSc2nnc(C)s2)CS[C@H]2C(N)C(=O)N12.Cl. The molecule has 1 saturated heterocycles. The molecular formula is C14H17ClN4O5S3. The Morgan fingerprint density at radius 3 is 2.74 bits per heavy atom. The van der Waals surface area contributed by atoms with Crippen molar-refractivity contribution in [2.24, 2.45) is 5.73 Å². The number of amides is 1. The first-order valence-electron chi connectivity index (χ1n) is 7.54. The number of halogens is 1. The molecular weight excluding hydrogens is 436 g/mol. The van der Waals surface area contributed by atoms with Crippen LogP contribution in [0.25, 0.3) is 0 Å². The second-order valence-electron chi connectivity index (χ2n) is 5.45. The van der Waals surface area contributed by atoms with Crippen molar-refractivity contribution in [3.8, 4) is 0 Å². The van der Waals surface area contributed by atoms with Crippen molar-refractivity contribution < 1.29 is 23.9 Å². The van der Waals surface area contributed by atoms with Gasteiger partial charge >= 0.3 is 11.9 Å². The highest BCUT2D eigenvalue weighted by Gasteiger charge is 2.52. The van der Waals surface area contributed by atoms with E-state index in [1.807, 2.05) is 6.92 Å². The average molecular weight is 453 g/mol. The van der Waals surface area contributed by atoms with Crippen LogP contribution in [-0.4, -0.2) is 62.7 Å². The molecule has 13 heteroatoms. The van der Waals surface area contributed by atoms with E-state index in [1.54, 1.807) is 0 Å². The molecule has 3 rings (SSSR count). The molecule has 2 atom stereocenters. The predicted molar refractivity (Wildman–Crippen MR) is 103 cm³/mol. The van der Waals surface area contributed by atoms with Crippen LogP contribution < -0.4 is 5.73 Å². The predicted octanol–water partition coefficient (Wildman–Crippen LogP) is 0.921. The fraction of sp³-hybridized carbons (Fsp3) is 0.500. The molecule has 2 aliphatic rings. The number of ether oxygens (including phenoxy) is 2. The third-order valence-electron chi connectivity index (χ3n) is 3.61. The summed E-state index contributed by atoms with van der Waals surface area (Å²) >= 11 is 4.40. The summed E-state index contributed by atoms with van der Waals surface area (Å²) in [6.07, 6.45) is 0. The molecule has 1 unspecified atom stereocenters. The Balaban J connectivity index is 0.00000261. The Hall–Kier alpha value is -1.34. The van der Waals surface area contributed by atoms with Crippen LogP contribution in [0.1, 0.15) is 11.9 Å². The number of esters is 2. The molecule has 0 spiro atoms. The van der Waals surface area contributed by atoms with Crippen LogP contribution in [0.3, 0.4) is 0 Å². The van der Waals surface area contributed by atoms with Gasteiger partial charge < -0.3 is 15.2 Å². The van der Waals surface area contributed by atoms with E-state index in [2.05, 4.69) is 14.9 Å². The molecule has 0 aromatic carbocycles. The minimum atomic E-state index is -0.708. The number of thioether (sulfide) groups is 2. The highest BCUT2D eigenvalue weighted by atomic mass is 35.5. The second-order valence-corrected chi connectivity index (χ2v) is 8.96. The normalized spacial score (nSPS) is 21.1. The number of carbonyl (C=O) groups excluding carboxylic acids is 3. The molecule has 1 fully saturated rings. The first-order chi connectivity index (χ1) is 12.4. The zero-order chi connectivity index (χ0) is 18.8. The van der Waals surface area contributed by atoms with Gasteiger partial charge in [-0.1, -0.05) is 23.1 Å². The van der Waals surface area contributed by atoms with E-state index in [1.165, 1.54) is 46.7 Å². The molecule has 9 nitrogen and oxygen atoms in total. The topological polar surface area (TPSA) is 125 Å². The first-order valence-corrected chi connectivity index (χ1v) is 10.4. The van der Waals surface area contributed by atoms with Crippen LogP contribution in [0, 0.1) is 6.92 Å². The van der Waals surface area contributed by atoms with Gasteiger partial charge in [0.25, 0.3) is 0 Å². The molecule has 2 aliphatic heterocycles. The maximum atomic E-state index is 12.5. The Morgan fingerprint density at radius 1 is 1.37 bits per heavy atom. The number of β-lactam (4-membered cyclic amide) rings is 1. The van der Waals surface area contributed by atoms with E-state index in [9.17, 15) is 14.4 Å². The lowest BCUT2D eigenvalue weighted by atomic mass is 10.0. The Kier molecular flexibility index (Phi) is 7.51. The van der Waals surface area contributed by atoms with E-state index in [-0.39, 0.29) is 29.4 Å². The van der Waals surface area contributed by atoms with Gasteiger partial charge in [-0.3, -0.25) is 14.5 Å². The Morgan fingerprint density at radius 2 is 2.11 bits per heavy atom. The smallest absolute Gasteiger partial charge is 0.357 e. The lowest BCUT2D eigenvalue weighted by molar-refractivity contribution is -0.166. The lowest BCUT2D eigenvalue weighted by Gasteiger charge is -2.48. The van der Waals surface area contributed by atoms with E-state index >= 15 is 0 Å². The summed E-state index contributed by atoms with van der Waals surface area (Å²) < 4.78 is 10.4. The first kappa shape index (κ1) is 22.0. The summed E-state index contributed by atoms with van der Waals surface area (Å²) in [4.78, 5) is 36.8. The fourth-order valence-electron chi connectivity index (χ4n) is 2.40. The molecule has 0 radical (unpaired) electrons. The van der Waals surface area contributed by atoms with Crippen molar-refractivity contribution in [1.82, 2.24) is 15.1 Å². The van der Waals surface area contributed by atoms with Crippen LogP contribution in [-0.2, 0) is 23.9 Å². The zero-order valence-corrected chi connectivity index (χ0v) is 17.6. The van der Waals surface area contributed by atoms with Gasteiger partial charge in [0.1, 0.15) is 22.1 Å². The van der Waals surface area contributed by atoms with Crippen LogP contribution in [0.5, 0.6) is 0 Å². The van der Waals surface area contributed by atoms with Crippen molar-refractivity contribution >= 4 is 65.1 Å². The number of aromatic nitrogens is 2. The van der Waals surface area contributed by atoms with Gasteiger partial charge in [0.15, 0.2) is 4.34 Å². The van der Waals surface area contributed by atoms with Crippen molar-refractivity contribution in [2.45, 2.75) is 29.6 Å². The molecule has 0 saturated carbocycles. The monoisotopic (exact) mass is 452 g/mol. The number of fused-ring (bicyclic) bond motifs is 1. The Bertz CT molecular complexity index is 787. The molecule has 3 heterocycles. The quantitative estimate of drug-likeness (QED) is 0.288. The Labute approximate surface area is 173 Å². The van der Waals surface area contributed by atoms with E-state index in [0.29, 0.717) is 11.5 Å². The van der Waals surface area contributed by atoms with Crippen molar-refractivity contribution in [2.75, 3.05) is 18.3 Å². The summed E-state index contributed by atoms with van der Waals surface area (Å²) in [5, 5.41) is 8.57. The molecule has 0 aliphatic carbocycles. The van der Waals surface area contributed by atoms with E-state index in [4.69, 9.17) is 10.5 Å². The second kappa shape index (κ2) is 9.24. The number of nitrogens with zero attached hydrogens (tertiary/aromatic N) is 3. The number of carbonyl (C=O) groups is 3. The maximum Gasteiger partial charge on any atom is 0.357 e. The lowest BCUT2D eigenvalue weighted by Crippen LogP contribution is -2.68. The summed E-state index contributed by atoms with van der Waals surface area (Å²) in [5.41, 5.74) is 6.74. The van der Waals surface area contributed by atoms with Gasteiger partial charge in [-0.25, -0.2) is 4.79 Å². The van der Waals surface area contributed by atoms with Crippen molar-refractivity contribution in [3.63, 3.8) is 0 Å². The van der Waals surface area contributed by atoms with Crippen LogP contribution >= 0.6 is 47.3 Å². The van der Waals surface area contributed by atoms with Gasteiger partial charge in [0, 0.05) is 18.4 Å². The number of hydrogen-bond donors (Lipinski definition) is 1. The minimum absolute atomic E-state index is 0. The molecule has 1 aromatic rings. The third-order valence-corrected chi connectivity index (χ3v) is 7.03. The van der Waals surface area contributed by atoms with Gasteiger partial charge in [0.2, 0.25) is 12.7 Å². The van der Waals surface area contributed by atoms with Gasteiger partial charge in [0.05, 0.1) is 0 Å². The standard InChI is InChI=1S/C14H16N4O5S3.ClH/c1-6-16-17-14(26-6)25-4-8-3-24-12-9(15)11(20)18(12)10(8)13(21)23-5-22-7(2)19;/h9,12H,3-5,15H2,1-2H3;1H/t9?,12-;/m0./s1. The van der Waals surface area contributed by atoms with Gasteiger partial charge in [-0.05, 0) is 12.5 Å². The molecule has 27 heavy (non-hydrogen) atoms. The number of hydrogen-bond acceptors (Lipinski definition) is 11. The van der Waals surface area contributed by atoms with Crippen LogP contribution in [0.4, 0.5) is 0 Å². The van der Waals surface area contributed by atoms with E-state index in [0.717, 1.165) is 14.9 Å². The highest BCUT2D eigenvalue weighted by Crippen LogP contribution is 2.41. The van der Waals surface area contributed by atoms with E-state index < -0.39 is 24.8 Å². The molecule has 0 bridgehead atoms. The summed E-state index contributed by atoms with van der Waals surface area (Å²) in [6.45, 7) is 2.57. The summed E-state index contributed by atoms with van der Waals surface area (Å²) in [5.74, 6) is -0.582.